The summed E-state index contributed by atoms with van der Waals surface area (Å²) in [6, 6.07) is -0.333. The van der Waals surface area contributed by atoms with E-state index in [0.29, 0.717) is 19.4 Å². The largest absolute Gasteiger partial charge is 0.379 e. The summed E-state index contributed by atoms with van der Waals surface area (Å²) in [5.74, 6) is -1.48. The van der Waals surface area contributed by atoms with Crippen molar-refractivity contribution in [2.45, 2.75) is 90.3 Å². The molecule has 0 bridgehead atoms. The summed E-state index contributed by atoms with van der Waals surface area (Å²) >= 11 is 0. The Balaban J connectivity index is 2.55. The van der Waals surface area contributed by atoms with Crippen molar-refractivity contribution in [1.82, 2.24) is 20.0 Å². The summed E-state index contributed by atoms with van der Waals surface area (Å²) in [7, 11) is 4.71. The van der Waals surface area contributed by atoms with Gasteiger partial charge in [0.1, 0.15) is 11.8 Å². The number of ether oxygens (including phenoxy) is 1. The topological polar surface area (TPSA) is 133 Å². The van der Waals surface area contributed by atoms with Crippen molar-refractivity contribution in [3.05, 3.63) is 12.2 Å². The van der Waals surface area contributed by atoms with E-state index in [9.17, 15) is 28.8 Å². The molecular formula is C28H46N4O7. The third-order valence-corrected chi connectivity index (χ3v) is 7.67. The Bertz CT molecular complexity index is 900. The molecule has 1 N–H and O–H groups in total. The molecule has 1 heterocycles. The van der Waals surface area contributed by atoms with Crippen LogP contribution in [0.1, 0.15) is 72.6 Å². The maximum atomic E-state index is 13.0. The number of nitrogens with one attached hydrogen (secondary N) is 1. The molecule has 1 aliphatic heterocycles. The van der Waals surface area contributed by atoms with Gasteiger partial charge in [0.15, 0.2) is 0 Å². The number of aldehydes is 1. The van der Waals surface area contributed by atoms with Crippen molar-refractivity contribution >= 4 is 35.8 Å². The lowest BCUT2D eigenvalue weighted by Crippen LogP contribution is -2.57. The van der Waals surface area contributed by atoms with Crippen LogP contribution in [0.15, 0.2) is 12.2 Å². The summed E-state index contributed by atoms with van der Waals surface area (Å²) in [6.07, 6.45) is 6.83. The molecule has 0 aromatic rings. The van der Waals surface area contributed by atoms with Gasteiger partial charge in [0, 0.05) is 52.7 Å². The number of carbonyl (C=O) groups is 6. The number of rotatable bonds is 18. The molecule has 1 aliphatic rings. The first-order valence-corrected chi connectivity index (χ1v) is 13.6. The smallest absolute Gasteiger partial charge is 0.253 e. The predicted octanol–water partition coefficient (Wildman–Crippen LogP) is 1.69. The summed E-state index contributed by atoms with van der Waals surface area (Å²) in [5.41, 5.74) is -1.18. The van der Waals surface area contributed by atoms with Gasteiger partial charge >= 0.3 is 0 Å². The van der Waals surface area contributed by atoms with Crippen LogP contribution in [0.25, 0.3) is 0 Å². The molecule has 0 spiro atoms. The third kappa shape index (κ3) is 9.56. The van der Waals surface area contributed by atoms with Gasteiger partial charge in [-0.05, 0) is 32.6 Å². The van der Waals surface area contributed by atoms with Gasteiger partial charge in [-0.3, -0.25) is 28.9 Å². The molecule has 220 valence electrons. The highest BCUT2D eigenvalue weighted by molar-refractivity contribution is 6.12. The number of amides is 5. The average Bonchev–Trinajstić information content (AvgIpc) is 3.23. The van der Waals surface area contributed by atoms with Crippen LogP contribution in [0, 0.1) is 5.92 Å². The molecule has 0 fully saturated rings. The molecule has 39 heavy (non-hydrogen) atoms. The van der Waals surface area contributed by atoms with Gasteiger partial charge in [0.2, 0.25) is 17.7 Å². The first-order valence-electron chi connectivity index (χ1n) is 13.6. The van der Waals surface area contributed by atoms with Crippen molar-refractivity contribution in [2.75, 3.05) is 34.3 Å². The van der Waals surface area contributed by atoms with Gasteiger partial charge in [-0.1, -0.05) is 33.1 Å². The maximum absolute atomic E-state index is 13.0. The molecule has 0 aromatic carbocycles. The van der Waals surface area contributed by atoms with E-state index in [1.165, 1.54) is 34.0 Å². The van der Waals surface area contributed by atoms with Crippen LogP contribution >= 0.6 is 0 Å². The minimum absolute atomic E-state index is 0.0713. The third-order valence-electron chi connectivity index (χ3n) is 7.67. The summed E-state index contributed by atoms with van der Waals surface area (Å²) in [6.45, 7) is 7.35. The van der Waals surface area contributed by atoms with Crippen molar-refractivity contribution in [3.63, 3.8) is 0 Å². The van der Waals surface area contributed by atoms with Crippen molar-refractivity contribution < 1.29 is 33.5 Å². The Morgan fingerprint density at radius 3 is 2.18 bits per heavy atom. The molecule has 0 aliphatic carbocycles. The molecule has 0 radical (unpaired) electrons. The molecule has 11 heteroatoms. The highest BCUT2D eigenvalue weighted by Gasteiger charge is 2.36. The van der Waals surface area contributed by atoms with Crippen molar-refractivity contribution in [1.29, 1.82) is 0 Å². The van der Waals surface area contributed by atoms with Crippen molar-refractivity contribution in [3.8, 4) is 0 Å². The normalized spacial score (nSPS) is 15.6. The number of nitrogens with zero attached hydrogens (tertiary/aromatic N) is 3. The molecule has 0 saturated heterocycles. The Hall–Kier alpha value is -3.08. The number of carbonyl (C=O) groups excluding carboxylic acids is 6. The van der Waals surface area contributed by atoms with Crippen LogP contribution in [0.5, 0.6) is 0 Å². The minimum Gasteiger partial charge on any atom is -0.379 e. The van der Waals surface area contributed by atoms with Crippen LogP contribution in [0.4, 0.5) is 0 Å². The quantitative estimate of drug-likeness (QED) is 0.156. The van der Waals surface area contributed by atoms with E-state index in [2.05, 4.69) is 5.32 Å². The van der Waals surface area contributed by atoms with Gasteiger partial charge in [0.05, 0.1) is 18.7 Å². The van der Waals surface area contributed by atoms with E-state index < -0.39 is 17.6 Å². The highest BCUT2D eigenvalue weighted by atomic mass is 16.5. The molecule has 3 unspecified atom stereocenters. The molecule has 3 atom stereocenters. The molecule has 0 saturated carbocycles. The first-order chi connectivity index (χ1) is 18.3. The number of hydrogen-bond donors (Lipinski definition) is 1. The van der Waals surface area contributed by atoms with Gasteiger partial charge in [-0.15, -0.1) is 0 Å². The van der Waals surface area contributed by atoms with E-state index >= 15 is 0 Å². The Morgan fingerprint density at radius 1 is 1.05 bits per heavy atom. The SMILES string of the molecule is CCC(C)C(C(CC=O)OC)N(C)C(=O)CNC(=O)C(C)(C)N(C)C(=O)CCCCCCN1C(=O)C=CC1=O. The van der Waals surface area contributed by atoms with E-state index in [-0.39, 0.29) is 55.0 Å². The lowest BCUT2D eigenvalue weighted by Gasteiger charge is -2.38. The Kier molecular flexibility index (Phi) is 14.0. The van der Waals surface area contributed by atoms with Crippen LogP contribution in [0.2, 0.25) is 0 Å². The van der Waals surface area contributed by atoms with Gasteiger partial charge in [-0.25, -0.2) is 0 Å². The van der Waals surface area contributed by atoms with Crippen LogP contribution in [-0.2, 0) is 33.5 Å². The molecule has 0 aromatic heterocycles. The standard InChI is InChI=1S/C28H46N4O7/c1-8-20(2)26(21(39-7)16-18-33)30(5)25(37)19-29-27(38)28(3,4)31(6)22(34)13-11-9-10-12-17-32-23(35)14-15-24(32)36/h14-15,18,20-21,26H,8-13,16-17,19H2,1-7H3,(H,29,38). The fourth-order valence-electron chi connectivity index (χ4n) is 4.56. The number of hydrogen-bond acceptors (Lipinski definition) is 7. The van der Waals surface area contributed by atoms with Gasteiger partial charge in [0.25, 0.3) is 11.8 Å². The van der Waals surface area contributed by atoms with Crippen molar-refractivity contribution in [2.24, 2.45) is 5.92 Å². The molecule has 1 rings (SSSR count). The Morgan fingerprint density at radius 2 is 1.64 bits per heavy atom. The Labute approximate surface area is 232 Å². The second-order valence-corrected chi connectivity index (χ2v) is 10.6. The first kappa shape index (κ1) is 33.9. The fourth-order valence-corrected chi connectivity index (χ4v) is 4.56. The average molecular weight is 551 g/mol. The second-order valence-electron chi connectivity index (χ2n) is 10.6. The highest BCUT2D eigenvalue weighted by Crippen LogP contribution is 2.21. The number of imide groups is 1. The van der Waals surface area contributed by atoms with Crippen LogP contribution < -0.4 is 5.32 Å². The number of likely N-dealkylation sites (N-methyl/N-ethyl adjacent to an activating group) is 2. The van der Waals surface area contributed by atoms with Gasteiger partial charge < -0.3 is 24.6 Å². The zero-order chi connectivity index (χ0) is 29.8. The second kappa shape index (κ2) is 16.1. The maximum Gasteiger partial charge on any atom is 0.253 e. The number of methoxy groups -OCH3 is 1. The lowest BCUT2D eigenvalue weighted by atomic mass is 9.91. The monoisotopic (exact) mass is 550 g/mol. The molecule has 5 amide bonds. The zero-order valence-corrected chi connectivity index (χ0v) is 24.5. The zero-order valence-electron chi connectivity index (χ0n) is 24.5. The van der Waals surface area contributed by atoms with Gasteiger partial charge in [-0.2, -0.15) is 0 Å². The van der Waals surface area contributed by atoms with E-state index in [4.69, 9.17) is 4.74 Å². The summed E-state index contributed by atoms with van der Waals surface area (Å²) in [5, 5.41) is 2.66. The lowest BCUT2D eigenvalue weighted by molar-refractivity contribution is -0.145. The summed E-state index contributed by atoms with van der Waals surface area (Å²) < 4.78 is 5.48. The fraction of sp³-hybridized carbons (Fsp3) is 0.714. The number of unbranched alkanes of at least 4 members (excludes halogenated alkanes) is 3. The predicted molar refractivity (Wildman–Crippen MR) is 146 cm³/mol. The molecule has 11 nitrogen and oxygen atoms in total. The summed E-state index contributed by atoms with van der Waals surface area (Å²) in [4.78, 5) is 77.0. The minimum atomic E-state index is -1.18. The van der Waals surface area contributed by atoms with E-state index in [0.717, 1.165) is 25.5 Å². The van der Waals surface area contributed by atoms with E-state index in [1.54, 1.807) is 27.9 Å². The van der Waals surface area contributed by atoms with Crippen LogP contribution in [0.3, 0.4) is 0 Å². The van der Waals surface area contributed by atoms with Crippen LogP contribution in [-0.4, -0.2) is 103 Å². The van der Waals surface area contributed by atoms with E-state index in [1.807, 2.05) is 13.8 Å². The molecular weight excluding hydrogens is 504 g/mol.